The van der Waals surface area contributed by atoms with E-state index in [1.165, 1.54) is 0 Å². The van der Waals surface area contributed by atoms with Gasteiger partial charge in [0.15, 0.2) is 0 Å². The molecule has 0 bridgehead atoms. The maximum absolute atomic E-state index is 9.52. The van der Waals surface area contributed by atoms with Crippen molar-refractivity contribution in [2.24, 2.45) is 0 Å². The van der Waals surface area contributed by atoms with E-state index >= 15 is 0 Å². The Hall–Kier alpha value is -1.09. The fourth-order valence-electron chi connectivity index (χ4n) is 0.828. The van der Waals surface area contributed by atoms with E-state index in [1.807, 2.05) is 0 Å². The molecule has 0 unspecified atom stereocenters. The minimum atomic E-state index is -0.623. The Labute approximate surface area is 85.0 Å². The summed E-state index contributed by atoms with van der Waals surface area (Å²) in [7, 11) is 0. The molecule has 0 aliphatic carbocycles. The van der Waals surface area contributed by atoms with Crippen molar-refractivity contribution < 1.29 is 12.0 Å². The molecule has 0 saturated heterocycles. The molecular weight excluding hydrogens is 218 g/mol. The van der Waals surface area contributed by atoms with Crippen molar-refractivity contribution in [3.05, 3.63) is 34.8 Å². The molecule has 0 saturated carbocycles. The van der Waals surface area contributed by atoms with Gasteiger partial charge in [0.25, 0.3) is 0 Å². The van der Waals surface area contributed by atoms with Crippen molar-refractivity contribution in [2.75, 3.05) is 0 Å². The zero-order valence-corrected chi connectivity index (χ0v) is 7.36. The molecule has 12 heavy (non-hydrogen) atoms. The van der Waals surface area contributed by atoms with Crippen molar-refractivity contribution in [1.82, 2.24) is 4.98 Å². The molecule has 1 aromatic heterocycles. The number of aromatic nitrogens is 1. The van der Waals surface area contributed by atoms with Crippen LogP contribution < -0.4 is 0 Å². The lowest BCUT2D eigenvalue weighted by molar-refractivity contribution is 0.476. The van der Waals surface area contributed by atoms with Crippen LogP contribution in [0.15, 0.2) is 34.8 Å². The first-order chi connectivity index (χ1) is 7.86. The standard InChI is InChI=1S/C9H6BrNO/c10-8-3-4-11-9-2-1-6(12)5-7(8)9/h1-5,12H/i1D,2D,3D,4D,5D. The summed E-state index contributed by atoms with van der Waals surface area (Å²) in [5, 5.41) is 9.59. The summed E-state index contributed by atoms with van der Waals surface area (Å²) in [5.41, 5.74) is -0.0364. The number of hydrogen-bond donors (Lipinski definition) is 1. The lowest BCUT2D eigenvalue weighted by atomic mass is 10.2. The molecular formula is C9H6BrNO. The van der Waals surface area contributed by atoms with Crippen LogP contribution >= 0.6 is 15.9 Å². The number of phenols is 1. The van der Waals surface area contributed by atoms with Crippen molar-refractivity contribution in [2.45, 2.75) is 0 Å². The third-order valence-electron chi connectivity index (χ3n) is 1.33. The van der Waals surface area contributed by atoms with Gasteiger partial charge in [0, 0.05) is 16.0 Å². The van der Waals surface area contributed by atoms with Crippen LogP contribution in [0.1, 0.15) is 6.85 Å². The Kier molecular flexibility index (Phi) is 0.859. The normalized spacial score (nSPS) is 16.2. The molecule has 2 aromatic rings. The highest BCUT2D eigenvalue weighted by Crippen LogP contribution is 2.24. The van der Waals surface area contributed by atoms with Gasteiger partial charge < -0.3 is 5.11 Å². The number of fused-ring (bicyclic) bond motifs is 1. The van der Waals surface area contributed by atoms with E-state index in [1.54, 1.807) is 0 Å². The van der Waals surface area contributed by atoms with Crippen molar-refractivity contribution >= 4 is 26.8 Å². The van der Waals surface area contributed by atoms with E-state index in [0.717, 1.165) is 0 Å². The minimum absolute atomic E-state index is 0.0364. The first kappa shape index (κ1) is 3.75. The molecule has 0 aliphatic heterocycles. The smallest absolute Gasteiger partial charge is 0.116 e. The van der Waals surface area contributed by atoms with Crippen molar-refractivity contribution in [3.63, 3.8) is 0 Å². The number of hydrogen-bond acceptors (Lipinski definition) is 2. The largest absolute Gasteiger partial charge is 0.508 e. The maximum Gasteiger partial charge on any atom is 0.116 e. The molecule has 0 atom stereocenters. The summed E-state index contributed by atoms with van der Waals surface area (Å²) in [4.78, 5) is 3.71. The van der Waals surface area contributed by atoms with Gasteiger partial charge in [-0.3, -0.25) is 4.98 Å². The van der Waals surface area contributed by atoms with Crippen molar-refractivity contribution in [3.8, 4) is 5.75 Å². The van der Waals surface area contributed by atoms with Crippen LogP contribution in [0.5, 0.6) is 5.75 Å². The fourth-order valence-corrected chi connectivity index (χ4v) is 1.20. The van der Waals surface area contributed by atoms with Crippen LogP contribution in [0, 0.1) is 0 Å². The molecule has 0 spiro atoms. The van der Waals surface area contributed by atoms with E-state index in [4.69, 9.17) is 6.85 Å². The highest BCUT2D eigenvalue weighted by atomic mass is 79.9. The van der Waals surface area contributed by atoms with E-state index in [9.17, 15) is 5.11 Å². The average Bonchev–Trinajstić information content (AvgIpc) is 2.30. The third-order valence-corrected chi connectivity index (χ3v) is 1.93. The van der Waals surface area contributed by atoms with Crippen LogP contribution in [-0.2, 0) is 0 Å². The highest BCUT2D eigenvalue weighted by Gasteiger charge is 1.98. The molecule has 60 valence electrons. The van der Waals surface area contributed by atoms with Crippen LogP contribution in [0.2, 0.25) is 0 Å². The van der Waals surface area contributed by atoms with Gasteiger partial charge in [-0.1, -0.05) is 15.9 Å². The van der Waals surface area contributed by atoms with Crippen LogP contribution in [0.25, 0.3) is 10.9 Å². The second-order valence-corrected chi connectivity index (χ2v) is 2.90. The lowest BCUT2D eigenvalue weighted by Crippen LogP contribution is -1.78. The molecule has 1 aromatic carbocycles. The molecule has 0 radical (unpaired) electrons. The zero-order valence-electron chi connectivity index (χ0n) is 10.8. The first-order valence-electron chi connectivity index (χ1n) is 5.61. The van der Waals surface area contributed by atoms with E-state index < -0.39 is 11.8 Å². The van der Waals surface area contributed by atoms with Gasteiger partial charge in [-0.2, -0.15) is 0 Å². The van der Waals surface area contributed by atoms with Crippen LogP contribution in [0.3, 0.4) is 0 Å². The number of nitrogens with zero attached hydrogens (tertiary/aromatic N) is 1. The van der Waals surface area contributed by atoms with Gasteiger partial charge in [-0.25, -0.2) is 0 Å². The highest BCUT2D eigenvalue weighted by molar-refractivity contribution is 9.10. The Morgan fingerprint density at radius 3 is 3.08 bits per heavy atom. The van der Waals surface area contributed by atoms with Gasteiger partial charge in [-0.15, -0.1) is 0 Å². The third kappa shape index (κ3) is 1.16. The molecule has 2 nitrogen and oxygen atoms in total. The van der Waals surface area contributed by atoms with E-state index in [-0.39, 0.29) is 39.7 Å². The monoisotopic (exact) mass is 228 g/mol. The topological polar surface area (TPSA) is 33.1 Å². The summed E-state index contributed by atoms with van der Waals surface area (Å²) in [6, 6.07) is -1.45. The number of aromatic hydroxyl groups is 1. The van der Waals surface area contributed by atoms with E-state index in [0.29, 0.717) is 0 Å². The van der Waals surface area contributed by atoms with Crippen LogP contribution in [0.4, 0.5) is 0 Å². The fraction of sp³-hybridized carbons (Fsp3) is 0. The van der Waals surface area contributed by atoms with Gasteiger partial charge in [0.2, 0.25) is 0 Å². The van der Waals surface area contributed by atoms with Crippen molar-refractivity contribution in [1.29, 1.82) is 0 Å². The van der Waals surface area contributed by atoms with Gasteiger partial charge >= 0.3 is 0 Å². The molecule has 3 heteroatoms. The maximum atomic E-state index is 9.52. The zero-order chi connectivity index (χ0) is 12.9. The second-order valence-electron chi connectivity index (χ2n) is 2.11. The average molecular weight is 229 g/mol. The van der Waals surface area contributed by atoms with Gasteiger partial charge in [0.1, 0.15) is 5.75 Å². The molecule has 0 fully saturated rings. The van der Waals surface area contributed by atoms with Gasteiger partial charge in [0.05, 0.1) is 12.4 Å². The molecule has 2 rings (SSSR count). The summed E-state index contributed by atoms with van der Waals surface area (Å²) in [5.74, 6) is -0.623. The molecule has 1 heterocycles. The summed E-state index contributed by atoms with van der Waals surface area (Å²) in [6.07, 6.45) is -0.345. The number of benzene rings is 1. The Balaban J connectivity index is 3.12. The molecule has 0 aliphatic rings. The predicted octanol–water partition coefficient (Wildman–Crippen LogP) is 2.70. The van der Waals surface area contributed by atoms with Crippen LogP contribution in [-0.4, -0.2) is 10.1 Å². The summed E-state index contributed by atoms with van der Waals surface area (Å²) < 4.78 is 37.8. The quantitative estimate of drug-likeness (QED) is 0.753. The number of pyridine rings is 1. The lowest BCUT2D eigenvalue weighted by Gasteiger charge is -1.99. The summed E-state index contributed by atoms with van der Waals surface area (Å²) in [6.45, 7) is 0. The number of phenolic OH excluding ortho intramolecular Hbond substituents is 1. The van der Waals surface area contributed by atoms with Gasteiger partial charge in [-0.05, 0) is 24.2 Å². The predicted molar refractivity (Wildman–Crippen MR) is 51.1 cm³/mol. The first-order valence-corrected chi connectivity index (χ1v) is 3.90. The Morgan fingerprint density at radius 2 is 2.25 bits per heavy atom. The second kappa shape index (κ2) is 2.75. The number of rotatable bonds is 0. The molecule has 0 amide bonds. The van der Waals surface area contributed by atoms with E-state index in [2.05, 4.69) is 20.9 Å². The molecule has 1 N–H and O–H groups in total. The minimum Gasteiger partial charge on any atom is -0.508 e. The Bertz CT molecular complexity index is 637. The number of halogens is 1. The Morgan fingerprint density at radius 1 is 1.42 bits per heavy atom. The SMILES string of the molecule is [2H]c1nc2c([2H])c([2H])c(O)c([2H])c2c(Br)c1[2H]. The summed E-state index contributed by atoms with van der Waals surface area (Å²) >= 11 is 3.05.